The maximum absolute atomic E-state index is 5.82. The molecule has 1 saturated heterocycles. The molecule has 24 heavy (non-hydrogen) atoms. The van der Waals surface area contributed by atoms with Crippen molar-refractivity contribution in [3.63, 3.8) is 0 Å². The topological polar surface area (TPSA) is 49.8 Å². The summed E-state index contributed by atoms with van der Waals surface area (Å²) < 4.78 is 5.82. The highest BCUT2D eigenvalue weighted by atomic mass is 16.5. The van der Waals surface area contributed by atoms with Crippen molar-refractivity contribution in [1.82, 2.24) is 15.2 Å². The largest absolute Gasteiger partial charge is 0.477 e. The molecule has 1 aromatic heterocycles. The Kier molecular flexibility index (Phi) is 5.59. The molecule has 1 aromatic rings. The van der Waals surface area contributed by atoms with E-state index in [4.69, 9.17) is 4.74 Å². The molecule has 0 amide bonds. The summed E-state index contributed by atoms with van der Waals surface area (Å²) in [7, 11) is 1.87. The van der Waals surface area contributed by atoms with Crippen LogP contribution in [0.5, 0.6) is 5.88 Å². The number of likely N-dealkylation sites (tertiary alicyclic amines) is 1. The van der Waals surface area contributed by atoms with Gasteiger partial charge in [-0.2, -0.15) is 0 Å². The monoisotopic (exact) mass is 330 g/mol. The first-order valence-corrected chi connectivity index (χ1v) is 9.29. The van der Waals surface area contributed by atoms with Crippen molar-refractivity contribution in [3.05, 3.63) is 23.9 Å². The number of guanidine groups is 1. The van der Waals surface area contributed by atoms with Gasteiger partial charge in [0.2, 0.25) is 5.88 Å². The molecule has 2 heterocycles. The molecule has 1 N–H and O–H groups in total. The molecule has 0 bridgehead atoms. The number of unbranched alkanes of at least 4 members (excludes halogenated alkanes) is 1. The zero-order valence-electron chi connectivity index (χ0n) is 15.1. The summed E-state index contributed by atoms with van der Waals surface area (Å²) in [5, 5.41) is 3.50. The molecule has 5 heteroatoms. The Labute approximate surface area is 145 Å². The SMILES string of the molecule is CCCCOc1ncccc1CNC(=NC)N1CCC2(CCC2)C1. The molecule has 3 rings (SSSR count). The highest BCUT2D eigenvalue weighted by Gasteiger charge is 2.43. The third-order valence-electron chi connectivity index (χ3n) is 5.39. The predicted molar refractivity (Wildman–Crippen MR) is 97.3 cm³/mol. The Hall–Kier alpha value is -1.78. The van der Waals surface area contributed by atoms with E-state index in [0.29, 0.717) is 12.0 Å². The van der Waals surface area contributed by atoms with Crippen LogP contribution in [0.4, 0.5) is 0 Å². The maximum atomic E-state index is 5.82. The number of nitrogens with one attached hydrogen (secondary N) is 1. The Morgan fingerprint density at radius 1 is 1.42 bits per heavy atom. The molecular formula is C19H30N4O. The summed E-state index contributed by atoms with van der Waals surface area (Å²) in [6.45, 7) is 5.86. The summed E-state index contributed by atoms with van der Waals surface area (Å²) >= 11 is 0. The van der Waals surface area contributed by atoms with Crippen LogP contribution in [0.2, 0.25) is 0 Å². The number of nitrogens with zero attached hydrogens (tertiary/aromatic N) is 3. The highest BCUT2D eigenvalue weighted by molar-refractivity contribution is 5.80. The molecule has 1 aliphatic carbocycles. The van der Waals surface area contributed by atoms with Gasteiger partial charge in [-0.15, -0.1) is 0 Å². The lowest BCUT2D eigenvalue weighted by Gasteiger charge is -2.38. The van der Waals surface area contributed by atoms with E-state index in [1.807, 2.05) is 13.1 Å². The van der Waals surface area contributed by atoms with E-state index < -0.39 is 0 Å². The van der Waals surface area contributed by atoms with Gasteiger partial charge in [0.15, 0.2) is 5.96 Å². The van der Waals surface area contributed by atoms with Crippen LogP contribution in [0.1, 0.15) is 51.0 Å². The first kappa shape index (κ1) is 17.1. The van der Waals surface area contributed by atoms with Crippen molar-refractivity contribution in [2.75, 3.05) is 26.7 Å². The smallest absolute Gasteiger partial charge is 0.218 e. The van der Waals surface area contributed by atoms with Gasteiger partial charge in [-0.3, -0.25) is 4.99 Å². The zero-order valence-corrected chi connectivity index (χ0v) is 15.1. The maximum Gasteiger partial charge on any atom is 0.218 e. The Bertz CT molecular complexity index is 568. The number of aliphatic imine (C=N–C) groups is 1. The minimum Gasteiger partial charge on any atom is -0.477 e. The zero-order chi connectivity index (χ0) is 16.8. The van der Waals surface area contributed by atoms with Crippen LogP contribution in [-0.4, -0.2) is 42.6 Å². The molecule has 5 nitrogen and oxygen atoms in total. The third-order valence-corrected chi connectivity index (χ3v) is 5.39. The summed E-state index contributed by atoms with van der Waals surface area (Å²) in [5.41, 5.74) is 1.67. The van der Waals surface area contributed by atoms with Crippen molar-refractivity contribution in [2.24, 2.45) is 10.4 Å². The molecule has 1 aliphatic heterocycles. The molecule has 0 aromatic carbocycles. The van der Waals surface area contributed by atoms with E-state index in [1.54, 1.807) is 6.20 Å². The molecule has 1 saturated carbocycles. The Morgan fingerprint density at radius 3 is 2.96 bits per heavy atom. The second kappa shape index (κ2) is 7.86. The highest BCUT2D eigenvalue weighted by Crippen LogP contribution is 2.47. The summed E-state index contributed by atoms with van der Waals surface area (Å²) in [5.74, 6) is 1.74. The lowest BCUT2D eigenvalue weighted by atomic mass is 9.68. The summed E-state index contributed by atoms with van der Waals surface area (Å²) in [6, 6.07) is 4.04. The minimum atomic E-state index is 0.584. The van der Waals surface area contributed by atoms with Gasteiger partial charge in [-0.05, 0) is 37.2 Å². The molecule has 0 radical (unpaired) electrons. The number of hydrogen-bond donors (Lipinski definition) is 1. The van der Waals surface area contributed by atoms with E-state index in [2.05, 4.69) is 33.2 Å². The van der Waals surface area contributed by atoms with Crippen LogP contribution in [0.3, 0.4) is 0 Å². The number of pyridine rings is 1. The van der Waals surface area contributed by atoms with Crippen LogP contribution in [0.25, 0.3) is 0 Å². The average Bonchev–Trinajstić information content (AvgIpc) is 3.03. The fraction of sp³-hybridized carbons (Fsp3) is 0.684. The van der Waals surface area contributed by atoms with Crippen LogP contribution >= 0.6 is 0 Å². The predicted octanol–water partition coefficient (Wildman–Crippen LogP) is 3.21. The lowest BCUT2D eigenvalue weighted by molar-refractivity contribution is 0.151. The van der Waals surface area contributed by atoms with Gasteiger partial charge in [0, 0.05) is 38.4 Å². The van der Waals surface area contributed by atoms with Crippen molar-refractivity contribution >= 4 is 5.96 Å². The van der Waals surface area contributed by atoms with Gasteiger partial charge < -0.3 is 15.0 Å². The quantitative estimate of drug-likeness (QED) is 0.494. The van der Waals surface area contributed by atoms with Crippen LogP contribution in [0.15, 0.2) is 23.3 Å². The number of rotatable bonds is 6. The molecule has 0 atom stereocenters. The van der Waals surface area contributed by atoms with Gasteiger partial charge in [-0.25, -0.2) is 4.98 Å². The van der Waals surface area contributed by atoms with Gasteiger partial charge in [0.1, 0.15) is 0 Å². The Balaban J connectivity index is 1.56. The van der Waals surface area contributed by atoms with Gasteiger partial charge in [-0.1, -0.05) is 25.8 Å². The van der Waals surface area contributed by atoms with E-state index >= 15 is 0 Å². The Morgan fingerprint density at radius 2 is 2.29 bits per heavy atom. The van der Waals surface area contributed by atoms with Crippen LogP contribution in [-0.2, 0) is 6.54 Å². The molecule has 0 unspecified atom stereocenters. The second-order valence-electron chi connectivity index (χ2n) is 7.10. The van der Waals surface area contributed by atoms with E-state index in [1.165, 1.54) is 25.7 Å². The van der Waals surface area contributed by atoms with Crippen LogP contribution < -0.4 is 10.1 Å². The van der Waals surface area contributed by atoms with Gasteiger partial charge >= 0.3 is 0 Å². The minimum absolute atomic E-state index is 0.584. The first-order chi connectivity index (χ1) is 11.8. The standard InChI is InChI=1S/C19H30N4O/c1-3-4-13-24-17-16(7-5-11-21-17)14-22-18(20-2)23-12-10-19(15-23)8-6-9-19/h5,7,11H,3-4,6,8-10,12-15H2,1-2H3,(H,20,22). The van der Waals surface area contributed by atoms with Gasteiger partial charge in [0.05, 0.1) is 6.61 Å². The molecular weight excluding hydrogens is 300 g/mol. The second-order valence-corrected chi connectivity index (χ2v) is 7.10. The normalized spacial score (nSPS) is 19.4. The van der Waals surface area contributed by atoms with E-state index in [-0.39, 0.29) is 0 Å². The fourth-order valence-corrected chi connectivity index (χ4v) is 3.71. The van der Waals surface area contributed by atoms with Gasteiger partial charge in [0.25, 0.3) is 0 Å². The lowest BCUT2D eigenvalue weighted by Crippen LogP contribution is -2.42. The molecule has 132 valence electrons. The van der Waals surface area contributed by atoms with Crippen molar-refractivity contribution in [3.8, 4) is 5.88 Å². The van der Waals surface area contributed by atoms with E-state index in [9.17, 15) is 0 Å². The first-order valence-electron chi connectivity index (χ1n) is 9.29. The third kappa shape index (κ3) is 3.82. The van der Waals surface area contributed by atoms with Crippen LogP contribution in [0, 0.1) is 5.41 Å². The average molecular weight is 330 g/mol. The number of aromatic nitrogens is 1. The fourth-order valence-electron chi connectivity index (χ4n) is 3.71. The molecule has 1 spiro atoms. The van der Waals surface area contributed by atoms with Crippen molar-refractivity contribution < 1.29 is 4.74 Å². The summed E-state index contributed by atoms with van der Waals surface area (Å²) in [4.78, 5) is 11.3. The summed E-state index contributed by atoms with van der Waals surface area (Å²) in [6.07, 6.45) is 9.46. The molecule has 2 fully saturated rings. The number of ether oxygens (including phenoxy) is 1. The molecule has 2 aliphatic rings. The van der Waals surface area contributed by atoms with Crippen molar-refractivity contribution in [1.29, 1.82) is 0 Å². The number of hydrogen-bond acceptors (Lipinski definition) is 3. The van der Waals surface area contributed by atoms with Crippen molar-refractivity contribution in [2.45, 2.75) is 52.0 Å². The van der Waals surface area contributed by atoms with E-state index in [0.717, 1.165) is 49.9 Å².